The molecule has 0 saturated carbocycles. The third kappa shape index (κ3) is 3.79. The summed E-state index contributed by atoms with van der Waals surface area (Å²) in [5.41, 5.74) is 3.83. The van der Waals surface area contributed by atoms with Crippen molar-refractivity contribution in [2.24, 2.45) is 0 Å². The van der Waals surface area contributed by atoms with Gasteiger partial charge in [-0.15, -0.1) is 0 Å². The highest BCUT2D eigenvalue weighted by Crippen LogP contribution is 2.22. The van der Waals surface area contributed by atoms with Gasteiger partial charge in [-0.3, -0.25) is 0 Å². The van der Waals surface area contributed by atoms with Crippen molar-refractivity contribution >= 4 is 22.8 Å². The second kappa shape index (κ2) is 7.34. The summed E-state index contributed by atoms with van der Waals surface area (Å²) in [5, 5.41) is 3.13. The van der Waals surface area contributed by atoms with Gasteiger partial charge in [0.15, 0.2) is 11.5 Å². The number of ether oxygens (including phenoxy) is 1. The molecule has 0 atom stereocenters. The van der Waals surface area contributed by atoms with E-state index in [9.17, 15) is 4.79 Å². The zero-order valence-electron chi connectivity index (χ0n) is 14.6. The maximum Gasteiger partial charge on any atom is 0.360 e. The number of fused-ring (bicyclic) bond motifs is 1. The van der Waals surface area contributed by atoms with Gasteiger partial charge in [-0.2, -0.15) is 0 Å². The van der Waals surface area contributed by atoms with E-state index in [4.69, 9.17) is 9.15 Å². The fourth-order valence-corrected chi connectivity index (χ4v) is 2.42. The molecular weight excluding hydrogens is 318 g/mol. The molecule has 2 heterocycles. The van der Waals surface area contributed by atoms with Gasteiger partial charge in [-0.05, 0) is 55.7 Å². The highest BCUT2D eigenvalue weighted by atomic mass is 16.5. The van der Waals surface area contributed by atoms with Crippen LogP contribution in [0.4, 0.5) is 5.82 Å². The van der Waals surface area contributed by atoms with E-state index in [1.807, 2.05) is 45.0 Å². The van der Waals surface area contributed by atoms with Crippen molar-refractivity contribution < 1.29 is 13.9 Å². The Morgan fingerprint density at radius 3 is 2.56 bits per heavy atom. The van der Waals surface area contributed by atoms with Gasteiger partial charge in [-0.1, -0.05) is 6.92 Å². The fourth-order valence-electron chi connectivity index (χ4n) is 2.42. The number of hydrogen-bond acceptors (Lipinski definition) is 6. The molecule has 0 unspecified atom stereocenters. The van der Waals surface area contributed by atoms with Crippen LogP contribution in [0.15, 0.2) is 34.9 Å². The molecule has 0 bridgehead atoms. The number of aryl methyl sites for hydroxylation is 2. The van der Waals surface area contributed by atoms with Crippen LogP contribution in [0.1, 0.15) is 40.7 Å². The van der Waals surface area contributed by atoms with Gasteiger partial charge in [0.1, 0.15) is 5.76 Å². The number of carbonyl (C=O) groups is 1. The van der Waals surface area contributed by atoms with Crippen LogP contribution >= 0.6 is 0 Å². The zero-order valence-corrected chi connectivity index (χ0v) is 14.6. The van der Waals surface area contributed by atoms with Crippen molar-refractivity contribution in [1.29, 1.82) is 0 Å². The lowest BCUT2D eigenvalue weighted by molar-refractivity contribution is 0.0499. The van der Waals surface area contributed by atoms with Crippen LogP contribution in [0.25, 0.3) is 11.0 Å². The first kappa shape index (κ1) is 17.0. The zero-order chi connectivity index (χ0) is 17.8. The lowest BCUT2D eigenvalue weighted by Crippen LogP contribution is -2.14. The molecule has 0 spiro atoms. The number of rotatable bonds is 6. The van der Waals surface area contributed by atoms with Crippen LogP contribution in [0.5, 0.6) is 0 Å². The summed E-state index contributed by atoms with van der Waals surface area (Å²) in [5.74, 6) is 0.666. The third-order valence-corrected chi connectivity index (χ3v) is 3.92. The van der Waals surface area contributed by atoms with E-state index < -0.39 is 5.97 Å². The highest BCUT2D eigenvalue weighted by Gasteiger charge is 2.18. The second-order valence-electron chi connectivity index (χ2n) is 5.91. The number of furan rings is 1. The van der Waals surface area contributed by atoms with E-state index in [2.05, 4.69) is 15.3 Å². The van der Waals surface area contributed by atoms with Crippen molar-refractivity contribution in [2.75, 3.05) is 11.9 Å². The molecule has 2 aromatic heterocycles. The highest BCUT2D eigenvalue weighted by molar-refractivity contribution is 5.95. The monoisotopic (exact) mass is 339 g/mol. The summed E-state index contributed by atoms with van der Waals surface area (Å²) in [7, 11) is 0. The molecule has 130 valence electrons. The van der Waals surface area contributed by atoms with E-state index in [0.717, 1.165) is 28.8 Å². The summed E-state index contributed by atoms with van der Waals surface area (Å²) >= 11 is 0. The minimum atomic E-state index is -0.476. The first-order valence-corrected chi connectivity index (χ1v) is 8.31. The Kier molecular flexibility index (Phi) is 4.97. The summed E-state index contributed by atoms with van der Waals surface area (Å²) < 4.78 is 10.6. The first-order valence-electron chi connectivity index (χ1n) is 8.31. The van der Waals surface area contributed by atoms with Gasteiger partial charge in [0.2, 0.25) is 0 Å². The number of nitrogens with one attached hydrogen (secondary N) is 1. The molecule has 1 aromatic carbocycles. The lowest BCUT2D eigenvalue weighted by Gasteiger charge is -2.12. The predicted molar refractivity (Wildman–Crippen MR) is 95.6 cm³/mol. The Labute approximate surface area is 146 Å². The van der Waals surface area contributed by atoms with E-state index in [0.29, 0.717) is 24.5 Å². The Morgan fingerprint density at radius 2 is 1.92 bits per heavy atom. The van der Waals surface area contributed by atoms with Crippen LogP contribution in [0, 0.1) is 13.8 Å². The molecule has 6 nitrogen and oxygen atoms in total. The molecule has 1 N–H and O–H groups in total. The average molecular weight is 339 g/mol. The molecule has 3 aromatic rings. The molecular formula is C19H21N3O3. The largest absolute Gasteiger partial charge is 0.467 e. The number of anilines is 1. The third-order valence-electron chi connectivity index (χ3n) is 3.92. The molecule has 0 amide bonds. The molecule has 0 aliphatic carbocycles. The van der Waals surface area contributed by atoms with E-state index in [1.54, 1.807) is 6.26 Å². The van der Waals surface area contributed by atoms with Crippen molar-refractivity contribution in [2.45, 2.75) is 33.7 Å². The minimum Gasteiger partial charge on any atom is -0.467 e. The maximum absolute atomic E-state index is 12.4. The standard InChI is InChI=1S/C19H21N3O3/c1-4-7-25-19(23)17-18(20-11-14-6-5-8-24-14)22-16-10-13(3)12(2)9-15(16)21-17/h5-6,8-10H,4,7,11H2,1-3H3,(H,20,22). The number of benzene rings is 1. The number of hydrogen-bond donors (Lipinski definition) is 1. The van der Waals surface area contributed by atoms with Crippen molar-refractivity contribution in [3.05, 3.63) is 53.1 Å². The Morgan fingerprint density at radius 1 is 1.20 bits per heavy atom. The van der Waals surface area contributed by atoms with E-state index >= 15 is 0 Å². The van der Waals surface area contributed by atoms with Crippen molar-refractivity contribution in [3.8, 4) is 0 Å². The Hall–Kier alpha value is -2.89. The van der Waals surface area contributed by atoms with Gasteiger partial charge >= 0.3 is 5.97 Å². The van der Waals surface area contributed by atoms with Gasteiger partial charge in [-0.25, -0.2) is 14.8 Å². The van der Waals surface area contributed by atoms with Crippen LogP contribution in [0.2, 0.25) is 0 Å². The fraction of sp³-hybridized carbons (Fsp3) is 0.316. The maximum atomic E-state index is 12.4. The Bertz CT molecular complexity index is 889. The molecule has 0 fully saturated rings. The average Bonchev–Trinajstić information content (AvgIpc) is 3.12. The first-order chi connectivity index (χ1) is 12.1. The molecule has 0 radical (unpaired) electrons. The van der Waals surface area contributed by atoms with Crippen LogP contribution in [-0.2, 0) is 11.3 Å². The molecule has 3 rings (SSSR count). The molecule has 0 saturated heterocycles. The summed E-state index contributed by atoms with van der Waals surface area (Å²) in [4.78, 5) is 21.5. The topological polar surface area (TPSA) is 77.2 Å². The number of aromatic nitrogens is 2. The van der Waals surface area contributed by atoms with Gasteiger partial charge in [0, 0.05) is 0 Å². The summed E-state index contributed by atoms with van der Waals surface area (Å²) in [6.45, 7) is 6.74. The summed E-state index contributed by atoms with van der Waals surface area (Å²) in [6.07, 6.45) is 2.35. The predicted octanol–water partition coefficient (Wildman–Crippen LogP) is 4.02. The van der Waals surface area contributed by atoms with Crippen LogP contribution in [-0.4, -0.2) is 22.5 Å². The quantitative estimate of drug-likeness (QED) is 0.684. The Balaban J connectivity index is 2.00. The van der Waals surface area contributed by atoms with E-state index in [-0.39, 0.29) is 5.69 Å². The molecule has 6 heteroatoms. The molecule has 25 heavy (non-hydrogen) atoms. The molecule has 0 aliphatic rings. The van der Waals surface area contributed by atoms with Gasteiger partial charge in [0.25, 0.3) is 0 Å². The van der Waals surface area contributed by atoms with Crippen molar-refractivity contribution in [3.63, 3.8) is 0 Å². The van der Waals surface area contributed by atoms with Gasteiger partial charge in [0.05, 0.1) is 30.4 Å². The lowest BCUT2D eigenvalue weighted by atomic mass is 10.1. The normalized spacial score (nSPS) is 10.8. The number of esters is 1. The number of carbonyl (C=O) groups excluding carboxylic acids is 1. The SMILES string of the molecule is CCCOC(=O)c1nc2cc(C)c(C)cc2nc1NCc1ccco1. The summed E-state index contributed by atoms with van der Waals surface area (Å²) in [6, 6.07) is 7.57. The second-order valence-corrected chi connectivity index (χ2v) is 5.91. The minimum absolute atomic E-state index is 0.191. The van der Waals surface area contributed by atoms with E-state index in [1.165, 1.54) is 0 Å². The van der Waals surface area contributed by atoms with Crippen LogP contribution < -0.4 is 5.32 Å². The van der Waals surface area contributed by atoms with Crippen LogP contribution in [0.3, 0.4) is 0 Å². The van der Waals surface area contributed by atoms with Crippen molar-refractivity contribution in [1.82, 2.24) is 9.97 Å². The van der Waals surface area contributed by atoms with Gasteiger partial charge < -0.3 is 14.5 Å². The molecule has 0 aliphatic heterocycles. The smallest absolute Gasteiger partial charge is 0.360 e. The number of nitrogens with zero attached hydrogens (tertiary/aromatic N) is 2.